The van der Waals surface area contributed by atoms with Crippen molar-refractivity contribution in [1.82, 2.24) is 20.2 Å². The van der Waals surface area contributed by atoms with Gasteiger partial charge in [0.05, 0.1) is 0 Å². The number of rotatable bonds is 4. The van der Waals surface area contributed by atoms with Crippen molar-refractivity contribution in [3.8, 4) is 0 Å². The van der Waals surface area contributed by atoms with E-state index in [1.165, 1.54) is 19.6 Å². The molecule has 0 aliphatic carbocycles. The van der Waals surface area contributed by atoms with E-state index < -0.39 is 0 Å². The van der Waals surface area contributed by atoms with E-state index in [2.05, 4.69) is 20.2 Å². The van der Waals surface area contributed by atoms with Crippen molar-refractivity contribution in [3.05, 3.63) is 23.8 Å². The SMILES string of the molecule is Cc1ccnc(CCCN2CCNCC2)n1. The van der Waals surface area contributed by atoms with Crippen LogP contribution in [0.2, 0.25) is 0 Å². The smallest absolute Gasteiger partial charge is 0.128 e. The van der Waals surface area contributed by atoms with Crippen LogP contribution in [0.15, 0.2) is 12.3 Å². The van der Waals surface area contributed by atoms with Gasteiger partial charge in [0.1, 0.15) is 5.82 Å². The van der Waals surface area contributed by atoms with E-state index >= 15 is 0 Å². The molecule has 1 aliphatic heterocycles. The summed E-state index contributed by atoms with van der Waals surface area (Å²) in [5.74, 6) is 0.982. The fraction of sp³-hybridized carbons (Fsp3) is 0.667. The standard InChI is InChI=1S/C12H20N4/c1-11-4-5-14-12(15-11)3-2-8-16-9-6-13-7-10-16/h4-5,13H,2-3,6-10H2,1H3. The highest BCUT2D eigenvalue weighted by Crippen LogP contribution is 2.00. The molecule has 4 nitrogen and oxygen atoms in total. The first kappa shape index (κ1) is 11.5. The van der Waals surface area contributed by atoms with Gasteiger partial charge in [0.2, 0.25) is 0 Å². The fourth-order valence-electron chi connectivity index (χ4n) is 2.02. The topological polar surface area (TPSA) is 41.1 Å². The Bertz CT molecular complexity index is 321. The summed E-state index contributed by atoms with van der Waals surface area (Å²) in [5, 5.41) is 3.36. The first-order chi connectivity index (χ1) is 7.84. The largest absolute Gasteiger partial charge is 0.314 e. The maximum atomic E-state index is 4.41. The molecule has 16 heavy (non-hydrogen) atoms. The van der Waals surface area contributed by atoms with Crippen LogP contribution < -0.4 is 5.32 Å². The monoisotopic (exact) mass is 220 g/mol. The molecule has 1 aromatic heterocycles. The van der Waals surface area contributed by atoms with Crippen LogP contribution in [0.25, 0.3) is 0 Å². The molecular weight excluding hydrogens is 200 g/mol. The lowest BCUT2D eigenvalue weighted by Crippen LogP contribution is -2.43. The number of piperazine rings is 1. The maximum absolute atomic E-state index is 4.41. The molecule has 2 heterocycles. The van der Waals surface area contributed by atoms with Gasteiger partial charge in [-0.15, -0.1) is 0 Å². The van der Waals surface area contributed by atoms with Gasteiger partial charge in [-0.1, -0.05) is 0 Å². The highest BCUT2D eigenvalue weighted by molar-refractivity contribution is 4.99. The number of nitrogens with one attached hydrogen (secondary N) is 1. The minimum atomic E-state index is 0.982. The molecule has 2 rings (SSSR count). The van der Waals surface area contributed by atoms with Gasteiger partial charge in [-0.25, -0.2) is 9.97 Å². The molecule has 0 bridgehead atoms. The van der Waals surface area contributed by atoms with Crippen LogP contribution in [-0.2, 0) is 6.42 Å². The molecule has 4 heteroatoms. The highest BCUT2D eigenvalue weighted by atomic mass is 15.2. The Balaban J connectivity index is 1.71. The molecule has 0 unspecified atom stereocenters. The summed E-state index contributed by atoms with van der Waals surface area (Å²) in [6.07, 6.45) is 4.00. The molecule has 1 N–H and O–H groups in total. The first-order valence-corrected chi connectivity index (χ1v) is 6.06. The summed E-state index contributed by atoms with van der Waals surface area (Å²) < 4.78 is 0. The Hall–Kier alpha value is -1.00. The van der Waals surface area contributed by atoms with Gasteiger partial charge in [-0.05, 0) is 26.0 Å². The third-order valence-corrected chi connectivity index (χ3v) is 2.93. The van der Waals surface area contributed by atoms with Crippen LogP contribution in [-0.4, -0.2) is 47.6 Å². The van der Waals surface area contributed by atoms with Crippen LogP contribution in [0.4, 0.5) is 0 Å². The molecule has 0 spiro atoms. The minimum Gasteiger partial charge on any atom is -0.314 e. The van der Waals surface area contributed by atoms with Gasteiger partial charge in [0.25, 0.3) is 0 Å². The molecule has 1 aromatic rings. The van der Waals surface area contributed by atoms with Crippen LogP contribution in [0, 0.1) is 6.92 Å². The Morgan fingerprint density at radius 3 is 2.94 bits per heavy atom. The summed E-state index contributed by atoms with van der Waals surface area (Å²) >= 11 is 0. The fourth-order valence-corrected chi connectivity index (χ4v) is 2.02. The Morgan fingerprint density at radius 2 is 2.19 bits per heavy atom. The van der Waals surface area contributed by atoms with Crippen molar-refractivity contribution in [2.24, 2.45) is 0 Å². The zero-order valence-electron chi connectivity index (χ0n) is 9.95. The number of hydrogen-bond donors (Lipinski definition) is 1. The molecule has 0 amide bonds. The van der Waals surface area contributed by atoms with Crippen molar-refractivity contribution in [2.45, 2.75) is 19.8 Å². The van der Waals surface area contributed by atoms with E-state index in [0.29, 0.717) is 0 Å². The predicted molar refractivity (Wildman–Crippen MR) is 64.4 cm³/mol. The quantitative estimate of drug-likeness (QED) is 0.808. The number of nitrogens with zero attached hydrogens (tertiary/aromatic N) is 3. The van der Waals surface area contributed by atoms with E-state index in [1.54, 1.807) is 0 Å². The molecular formula is C12H20N4. The Labute approximate surface area is 97.1 Å². The Kier molecular flexibility index (Phi) is 4.25. The van der Waals surface area contributed by atoms with Crippen LogP contribution in [0.1, 0.15) is 17.9 Å². The van der Waals surface area contributed by atoms with Gasteiger partial charge >= 0.3 is 0 Å². The van der Waals surface area contributed by atoms with Crippen LogP contribution in [0.5, 0.6) is 0 Å². The minimum absolute atomic E-state index is 0.982. The molecule has 1 aliphatic rings. The van der Waals surface area contributed by atoms with Crippen LogP contribution >= 0.6 is 0 Å². The van der Waals surface area contributed by atoms with Gasteiger partial charge in [0, 0.05) is 44.5 Å². The lowest BCUT2D eigenvalue weighted by Gasteiger charge is -2.26. The summed E-state index contributed by atoms with van der Waals surface area (Å²) in [6.45, 7) is 7.78. The van der Waals surface area contributed by atoms with Crippen molar-refractivity contribution >= 4 is 0 Å². The first-order valence-electron chi connectivity index (χ1n) is 6.06. The number of aromatic nitrogens is 2. The normalized spacial score (nSPS) is 17.6. The highest BCUT2D eigenvalue weighted by Gasteiger charge is 2.08. The molecule has 1 fully saturated rings. The average Bonchev–Trinajstić information content (AvgIpc) is 2.30. The molecule has 0 aromatic carbocycles. The van der Waals surface area contributed by atoms with E-state index in [0.717, 1.165) is 37.4 Å². The Morgan fingerprint density at radius 1 is 1.38 bits per heavy atom. The second-order valence-electron chi connectivity index (χ2n) is 4.31. The summed E-state index contributed by atoms with van der Waals surface area (Å²) in [5.41, 5.74) is 1.06. The summed E-state index contributed by atoms with van der Waals surface area (Å²) in [7, 11) is 0. The van der Waals surface area contributed by atoms with E-state index in [-0.39, 0.29) is 0 Å². The second-order valence-corrected chi connectivity index (χ2v) is 4.31. The van der Waals surface area contributed by atoms with Gasteiger partial charge in [0.15, 0.2) is 0 Å². The number of aryl methyl sites for hydroxylation is 2. The van der Waals surface area contributed by atoms with E-state index in [1.807, 2.05) is 19.2 Å². The van der Waals surface area contributed by atoms with Crippen molar-refractivity contribution in [2.75, 3.05) is 32.7 Å². The van der Waals surface area contributed by atoms with E-state index in [9.17, 15) is 0 Å². The van der Waals surface area contributed by atoms with Crippen molar-refractivity contribution in [1.29, 1.82) is 0 Å². The summed E-state index contributed by atoms with van der Waals surface area (Å²) in [4.78, 5) is 11.2. The third-order valence-electron chi connectivity index (χ3n) is 2.93. The van der Waals surface area contributed by atoms with Gasteiger partial charge in [-0.2, -0.15) is 0 Å². The number of hydrogen-bond acceptors (Lipinski definition) is 4. The summed E-state index contributed by atoms with van der Waals surface area (Å²) in [6, 6.07) is 1.94. The molecule has 1 saturated heterocycles. The molecule has 0 radical (unpaired) electrons. The molecule has 88 valence electrons. The lowest BCUT2D eigenvalue weighted by molar-refractivity contribution is 0.238. The maximum Gasteiger partial charge on any atom is 0.128 e. The predicted octanol–water partition coefficient (Wildman–Crippen LogP) is 0.623. The zero-order chi connectivity index (χ0) is 11.2. The molecule has 0 atom stereocenters. The average molecular weight is 220 g/mol. The van der Waals surface area contributed by atoms with Crippen LogP contribution in [0.3, 0.4) is 0 Å². The van der Waals surface area contributed by atoms with Gasteiger partial charge < -0.3 is 10.2 Å². The zero-order valence-corrected chi connectivity index (χ0v) is 9.95. The molecule has 0 saturated carbocycles. The third kappa shape index (κ3) is 3.54. The van der Waals surface area contributed by atoms with Crippen molar-refractivity contribution in [3.63, 3.8) is 0 Å². The lowest BCUT2D eigenvalue weighted by atomic mass is 10.2. The van der Waals surface area contributed by atoms with Crippen molar-refractivity contribution < 1.29 is 0 Å². The van der Waals surface area contributed by atoms with Gasteiger partial charge in [-0.3, -0.25) is 0 Å². The second kappa shape index (κ2) is 5.92. The van der Waals surface area contributed by atoms with E-state index in [4.69, 9.17) is 0 Å².